The number of hydrogen-bond acceptors (Lipinski definition) is 4. The monoisotopic (exact) mass is 198 g/mol. The zero-order valence-electron chi connectivity index (χ0n) is 8.73. The van der Waals surface area contributed by atoms with Gasteiger partial charge in [-0.05, 0) is 13.3 Å². The minimum atomic E-state index is -0.534. The van der Waals surface area contributed by atoms with Crippen LogP contribution in [0, 0.1) is 0 Å². The zero-order valence-corrected chi connectivity index (χ0v) is 8.73. The summed E-state index contributed by atoms with van der Waals surface area (Å²) in [7, 11) is 0. The summed E-state index contributed by atoms with van der Waals surface area (Å²) in [4.78, 5) is 15.2. The van der Waals surface area contributed by atoms with Crippen molar-refractivity contribution in [1.29, 1.82) is 0 Å². The maximum atomic E-state index is 11.2. The second-order valence-corrected chi connectivity index (χ2v) is 2.97. The smallest absolute Gasteiger partial charge is 0.203 e. The first-order valence-corrected chi connectivity index (χ1v) is 4.75. The average Bonchev–Trinajstić information content (AvgIpc) is 2.18. The normalized spacial score (nSPS) is 14.7. The van der Waals surface area contributed by atoms with Gasteiger partial charge in [0.05, 0.1) is 6.04 Å². The molecule has 0 aromatic heterocycles. The SMILES string of the molecule is C/C=C\N=C(C(=O)CO)C(N)CCC. The predicted molar refractivity (Wildman–Crippen MR) is 57.2 cm³/mol. The molecule has 0 radical (unpaired) electrons. The number of carbonyl (C=O) groups excluding carboxylic acids is 1. The second kappa shape index (κ2) is 7.41. The third-order valence-corrected chi connectivity index (χ3v) is 1.74. The molecule has 0 spiro atoms. The molecule has 14 heavy (non-hydrogen) atoms. The second-order valence-electron chi connectivity index (χ2n) is 2.97. The van der Waals surface area contributed by atoms with Crippen molar-refractivity contribution in [3.05, 3.63) is 12.3 Å². The number of rotatable bonds is 6. The lowest BCUT2D eigenvalue weighted by Crippen LogP contribution is -2.37. The molecule has 1 atom stereocenters. The van der Waals surface area contributed by atoms with Crippen LogP contribution in [0.25, 0.3) is 0 Å². The van der Waals surface area contributed by atoms with Crippen molar-refractivity contribution in [1.82, 2.24) is 0 Å². The molecule has 0 aliphatic rings. The number of hydrogen-bond donors (Lipinski definition) is 2. The highest BCUT2D eigenvalue weighted by Crippen LogP contribution is 1.98. The molecular weight excluding hydrogens is 180 g/mol. The Hall–Kier alpha value is -1.00. The predicted octanol–water partition coefficient (Wildman–Crippen LogP) is 0.650. The Bertz CT molecular complexity index is 234. The first-order chi connectivity index (χ1) is 6.67. The third-order valence-electron chi connectivity index (χ3n) is 1.74. The number of carbonyl (C=O) groups is 1. The van der Waals surface area contributed by atoms with Crippen LogP contribution < -0.4 is 5.73 Å². The summed E-state index contributed by atoms with van der Waals surface area (Å²) < 4.78 is 0. The maximum absolute atomic E-state index is 11.2. The van der Waals surface area contributed by atoms with E-state index >= 15 is 0 Å². The lowest BCUT2D eigenvalue weighted by molar-refractivity contribution is -0.115. The van der Waals surface area contributed by atoms with Crippen LogP contribution in [0.2, 0.25) is 0 Å². The molecule has 0 aromatic carbocycles. The summed E-state index contributed by atoms with van der Waals surface area (Å²) in [5, 5.41) is 8.71. The van der Waals surface area contributed by atoms with Gasteiger partial charge in [-0.25, -0.2) is 0 Å². The van der Waals surface area contributed by atoms with Crippen LogP contribution in [0.4, 0.5) is 0 Å². The fourth-order valence-corrected chi connectivity index (χ4v) is 1.06. The molecule has 3 N–H and O–H groups in total. The largest absolute Gasteiger partial charge is 0.388 e. The first kappa shape index (κ1) is 13.0. The van der Waals surface area contributed by atoms with Crippen LogP contribution in [0.15, 0.2) is 17.3 Å². The van der Waals surface area contributed by atoms with Crippen LogP contribution in [0.3, 0.4) is 0 Å². The summed E-state index contributed by atoms with van der Waals surface area (Å²) in [6, 6.07) is -0.379. The quantitative estimate of drug-likeness (QED) is 0.615. The number of Topliss-reactive ketones (excluding diaryl/α,β-unsaturated/α-hetero) is 1. The number of aliphatic hydroxyl groups is 1. The van der Waals surface area contributed by atoms with Gasteiger partial charge in [0.15, 0.2) is 0 Å². The lowest BCUT2D eigenvalue weighted by atomic mass is 10.0. The number of nitrogens with two attached hydrogens (primary N) is 1. The van der Waals surface area contributed by atoms with Crippen molar-refractivity contribution in [2.45, 2.75) is 32.7 Å². The first-order valence-electron chi connectivity index (χ1n) is 4.75. The van der Waals surface area contributed by atoms with Gasteiger partial charge in [0.1, 0.15) is 12.3 Å². The van der Waals surface area contributed by atoms with Crippen molar-refractivity contribution in [2.24, 2.45) is 10.7 Å². The summed E-state index contributed by atoms with van der Waals surface area (Å²) >= 11 is 0. The van der Waals surface area contributed by atoms with Crippen molar-refractivity contribution >= 4 is 11.5 Å². The number of ketones is 1. The third kappa shape index (κ3) is 4.30. The molecule has 0 saturated heterocycles. The van der Waals surface area contributed by atoms with Crippen molar-refractivity contribution in [3.8, 4) is 0 Å². The van der Waals surface area contributed by atoms with Crippen molar-refractivity contribution < 1.29 is 9.90 Å². The number of nitrogens with zero attached hydrogens (tertiary/aromatic N) is 1. The Morgan fingerprint density at radius 1 is 1.64 bits per heavy atom. The molecule has 0 aliphatic heterocycles. The van der Waals surface area contributed by atoms with Gasteiger partial charge in [-0.15, -0.1) is 0 Å². The standard InChI is InChI=1S/C10H18N2O2/c1-3-5-8(11)10(9(14)7-13)12-6-4-2/h4,6,8,13H,3,5,7,11H2,1-2H3/b6-4-,12-10?. The Morgan fingerprint density at radius 2 is 2.29 bits per heavy atom. The van der Waals surface area contributed by atoms with Gasteiger partial charge in [0, 0.05) is 6.20 Å². The van der Waals surface area contributed by atoms with Gasteiger partial charge in [-0.2, -0.15) is 0 Å². The maximum Gasteiger partial charge on any atom is 0.203 e. The van der Waals surface area contributed by atoms with Gasteiger partial charge in [0.2, 0.25) is 5.78 Å². The van der Waals surface area contributed by atoms with Crippen molar-refractivity contribution in [3.63, 3.8) is 0 Å². The van der Waals surface area contributed by atoms with Gasteiger partial charge in [0.25, 0.3) is 0 Å². The average molecular weight is 198 g/mol. The molecule has 0 saturated carbocycles. The van der Waals surface area contributed by atoms with E-state index in [1.165, 1.54) is 6.20 Å². The molecule has 0 rings (SSSR count). The van der Waals surface area contributed by atoms with Gasteiger partial charge >= 0.3 is 0 Å². The Kier molecular flexibility index (Phi) is 6.88. The van der Waals surface area contributed by atoms with E-state index in [-0.39, 0.29) is 11.8 Å². The van der Waals surface area contributed by atoms with E-state index in [1.54, 1.807) is 13.0 Å². The van der Waals surface area contributed by atoms with Crippen LogP contribution >= 0.6 is 0 Å². The van der Waals surface area contributed by atoms with Gasteiger partial charge < -0.3 is 10.8 Å². The minimum absolute atomic E-state index is 0.257. The molecule has 0 aliphatic carbocycles. The van der Waals surface area contributed by atoms with Crippen LogP contribution in [0.5, 0.6) is 0 Å². The Labute approximate surface area is 84.5 Å². The highest BCUT2D eigenvalue weighted by atomic mass is 16.3. The van der Waals surface area contributed by atoms with E-state index in [0.29, 0.717) is 6.42 Å². The molecule has 0 bridgehead atoms. The van der Waals surface area contributed by atoms with E-state index in [0.717, 1.165) is 6.42 Å². The lowest BCUT2D eigenvalue weighted by Gasteiger charge is -2.10. The summed E-state index contributed by atoms with van der Waals surface area (Å²) in [6.07, 6.45) is 4.80. The number of allylic oxidation sites excluding steroid dienone is 1. The highest BCUT2D eigenvalue weighted by molar-refractivity contribution is 6.42. The fraction of sp³-hybridized carbons (Fsp3) is 0.600. The van der Waals surface area contributed by atoms with Crippen LogP contribution in [-0.4, -0.2) is 29.3 Å². The molecule has 1 unspecified atom stereocenters. The summed E-state index contributed by atoms with van der Waals surface area (Å²) in [5.41, 5.74) is 6.01. The van der Waals surface area contributed by atoms with Crippen LogP contribution in [0.1, 0.15) is 26.7 Å². The van der Waals surface area contributed by atoms with E-state index in [2.05, 4.69) is 4.99 Å². The number of aliphatic imine (C=N–C) groups is 1. The number of aliphatic hydroxyl groups excluding tert-OH is 1. The summed E-state index contributed by atoms with van der Waals surface area (Å²) in [5.74, 6) is -0.399. The minimum Gasteiger partial charge on any atom is -0.388 e. The molecule has 4 nitrogen and oxygen atoms in total. The molecule has 80 valence electrons. The van der Waals surface area contributed by atoms with E-state index in [1.807, 2.05) is 6.92 Å². The zero-order chi connectivity index (χ0) is 11.0. The van der Waals surface area contributed by atoms with Gasteiger partial charge in [-0.1, -0.05) is 19.4 Å². The van der Waals surface area contributed by atoms with E-state index in [9.17, 15) is 4.79 Å². The Morgan fingerprint density at radius 3 is 2.71 bits per heavy atom. The molecule has 4 heteroatoms. The molecule has 0 heterocycles. The van der Waals surface area contributed by atoms with Crippen molar-refractivity contribution in [2.75, 3.05) is 6.61 Å². The van der Waals surface area contributed by atoms with Crippen LogP contribution in [-0.2, 0) is 4.79 Å². The van der Waals surface area contributed by atoms with E-state index in [4.69, 9.17) is 10.8 Å². The molecular formula is C10H18N2O2. The highest BCUT2D eigenvalue weighted by Gasteiger charge is 2.16. The summed E-state index contributed by atoms with van der Waals surface area (Å²) in [6.45, 7) is 3.25. The topological polar surface area (TPSA) is 75.7 Å². The van der Waals surface area contributed by atoms with Gasteiger partial charge in [-0.3, -0.25) is 9.79 Å². The molecule has 0 amide bonds. The molecule has 0 aromatic rings. The Balaban J connectivity index is 4.62. The fourth-order valence-electron chi connectivity index (χ4n) is 1.06. The molecule has 0 fully saturated rings. The van der Waals surface area contributed by atoms with E-state index < -0.39 is 12.4 Å².